The second-order valence-corrected chi connectivity index (χ2v) is 7.79. The van der Waals surface area contributed by atoms with E-state index in [2.05, 4.69) is 10.5 Å². The van der Waals surface area contributed by atoms with Gasteiger partial charge in [0.05, 0.1) is 5.71 Å². The molecular weight excluding hydrogens is 395 g/mol. The van der Waals surface area contributed by atoms with E-state index in [0.717, 1.165) is 41.7 Å². The highest BCUT2D eigenvalue weighted by atomic mass is 35.5. The molecule has 1 amide bonds. The molecule has 3 rings (SSSR count). The number of Topliss-reactive ketones (excluding diaryl/α,β-unsaturated/α-hetero) is 1. The molecular formula is C22H22Cl2N2O2. The molecule has 0 unspecified atom stereocenters. The minimum absolute atomic E-state index is 0.0351. The Kier molecular flexibility index (Phi) is 7.24. The molecule has 0 atom stereocenters. The molecule has 0 fully saturated rings. The van der Waals surface area contributed by atoms with E-state index in [9.17, 15) is 9.59 Å². The third-order valence-corrected chi connectivity index (χ3v) is 5.36. The second-order valence-electron chi connectivity index (χ2n) is 6.95. The smallest absolute Gasteiger partial charge is 0.240 e. The lowest BCUT2D eigenvalue weighted by Gasteiger charge is -2.11. The fraction of sp³-hybridized carbons (Fsp3) is 0.318. The zero-order valence-corrected chi connectivity index (χ0v) is 17.0. The highest BCUT2D eigenvalue weighted by molar-refractivity contribution is 6.33. The van der Waals surface area contributed by atoms with Crippen LogP contribution in [0.2, 0.25) is 10.0 Å². The van der Waals surface area contributed by atoms with Gasteiger partial charge in [0.15, 0.2) is 0 Å². The number of rotatable bonds is 6. The first-order valence-corrected chi connectivity index (χ1v) is 10.2. The minimum atomic E-state index is -0.0351. The van der Waals surface area contributed by atoms with Crippen molar-refractivity contribution in [3.8, 4) is 0 Å². The molecule has 2 aromatic rings. The number of ketones is 1. The Morgan fingerprint density at radius 1 is 1.04 bits per heavy atom. The van der Waals surface area contributed by atoms with Gasteiger partial charge in [0.1, 0.15) is 5.78 Å². The predicted octanol–water partition coefficient (Wildman–Crippen LogP) is 5.13. The van der Waals surface area contributed by atoms with Crippen molar-refractivity contribution in [1.82, 2.24) is 5.43 Å². The maximum atomic E-state index is 12.3. The van der Waals surface area contributed by atoms with Crippen molar-refractivity contribution >= 4 is 40.6 Å². The number of halogens is 2. The summed E-state index contributed by atoms with van der Waals surface area (Å²) in [5, 5.41) is 5.38. The standard InChI is InChI=1S/C22H22Cl2N2O2/c23-18-10-12-20(24)17(13-18)14-19(27)11-7-15-5-8-16(9-6-15)21-3-1-2-4-22(28)26-25-21/h5-6,8-10,12-13H,1-4,7,11,14H2,(H,26,28)/b25-21+. The van der Waals surface area contributed by atoms with Crippen molar-refractivity contribution in [2.75, 3.05) is 0 Å². The van der Waals surface area contributed by atoms with Gasteiger partial charge in [-0.2, -0.15) is 5.10 Å². The zero-order valence-electron chi connectivity index (χ0n) is 15.5. The summed E-state index contributed by atoms with van der Waals surface area (Å²) in [7, 11) is 0. The maximum Gasteiger partial charge on any atom is 0.240 e. The maximum absolute atomic E-state index is 12.3. The van der Waals surface area contributed by atoms with Crippen molar-refractivity contribution in [1.29, 1.82) is 0 Å². The molecule has 146 valence electrons. The summed E-state index contributed by atoms with van der Waals surface area (Å²) in [4.78, 5) is 23.8. The number of carbonyl (C=O) groups is 2. The molecule has 0 bridgehead atoms. The van der Waals surface area contributed by atoms with Crippen LogP contribution in [0.15, 0.2) is 47.6 Å². The Morgan fingerprint density at radius 3 is 2.57 bits per heavy atom. The number of nitrogens with one attached hydrogen (secondary N) is 1. The van der Waals surface area contributed by atoms with E-state index in [-0.39, 0.29) is 18.1 Å². The van der Waals surface area contributed by atoms with Gasteiger partial charge in [-0.3, -0.25) is 9.59 Å². The van der Waals surface area contributed by atoms with Gasteiger partial charge in [-0.15, -0.1) is 0 Å². The van der Waals surface area contributed by atoms with E-state index in [1.54, 1.807) is 18.2 Å². The van der Waals surface area contributed by atoms with E-state index >= 15 is 0 Å². The van der Waals surface area contributed by atoms with Crippen molar-refractivity contribution in [3.05, 3.63) is 69.2 Å². The van der Waals surface area contributed by atoms with Crippen molar-refractivity contribution in [2.45, 2.75) is 44.9 Å². The van der Waals surface area contributed by atoms with E-state index in [1.807, 2.05) is 24.3 Å². The lowest BCUT2D eigenvalue weighted by molar-refractivity contribution is -0.121. The van der Waals surface area contributed by atoms with Crippen LogP contribution in [0.1, 0.15) is 48.8 Å². The van der Waals surface area contributed by atoms with E-state index < -0.39 is 0 Å². The summed E-state index contributed by atoms with van der Waals surface area (Å²) < 4.78 is 0. The first kappa shape index (κ1) is 20.6. The predicted molar refractivity (Wildman–Crippen MR) is 113 cm³/mol. The SMILES string of the molecule is O=C(CCc1ccc(/C2=N/NC(=O)CCCC2)cc1)Cc1cc(Cl)ccc1Cl. The molecule has 1 aliphatic heterocycles. The molecule has 1 N–H and O–H groups in total. The molecule has 28 heavy (non-hydrogen) atoms. The number of benzene rings is 2. The topological polar surface area (TPSA) is 58.5 Å². The molecule has 1 heterocycles. The normalized spacial score (nSPS) is 16.5. The summed E-state index contributed by atoms with van der Waals surface area (Å²) >= 11 is 12.1. The van der Waals surface area contributed by atoms with Gasteiger partial charge in [0.25, 0.3) is 0 Å². The summed E-state index contributed by atoms with van der Waals surface area (Å²) in [5.74, 6) is 0.0903. The fourth-order valence-corrected chi connectivity index (χ4v) is 3.53. The number of aryl methyl sites for hydroxylation is 1. The average Bonchev–Trinajstić information content (AvgIpc) is 2.67. The van der Waals surface area contributed by atoms with Gasteiger partial charge in [0, 0.05) is 29.3 Å². The molecule has 0 aromatic heterocycles. The number of hydrazone groups is 1. The number of hydrogen-bond acceptors (Lipinski definition) is 3. The molecule has 0 saturated heterocycles. The molecule has 2 aromatic carbocycles. The van der Waals surface area contributed by atoms with Crippen LogP contribution in [0.4, 0.5) is 0 Å². The van der Waals surface area contributed by atoms with Crippen LogP contribution in [0.25, 0.3) is 0 Å². The number of carbonyl (C=O) groups excluding carboxylic acids is 2. The van der Waals surface area contributed by atoms with Crippen LogP contribution in [-0.4, -0.2) is 17.4 Å². The third-order valence-electron chi connectivity index (χ3n) is 4.76. The van der Waals surface area contributed by atoms with Gasteiger partial charge in [-0.05, 0) is 60.6 Å². The Labute approximate surface area is 174 Å². The van der Waals surface area contributed by atoms with Gasteiger partial charge < -0.3 is 0 Å². The lowest BCUT2D eigenvalue weighted by Crippen LogP contribution is -2.21. The van der Waals surface area contributed by atoms with E-state index in [4.69, 9.17) is 23.2 Å². The molecule has 0 saturated carbocycles. The van der Waals surface area contributed by atoms with Gasteiger partial charge >= 0.3 is 0 Å². The largest absolute Gasteiger partial charge is 0.299 e. The second kappa shape index (κ2) is 9.85. The first-order chi connectivity index (χ1) is 13.5. The van der Waals surface area contributed by atoms with Crippen molar-refractivity contribution in [2.24, 2.45) is 5.10 Å². The molecule has 0 spiro atoms. The Bertz CT molecular complexity index is 892. The molecule has 4 nitrogen and oxygen atoms in total. The van der Waals surface area contributed by atoms with E-state index in [1.165, 1.54) is 0 Å². The summed E-state index contributed by atoms with van der Waals surface area (Å²) in [6, 6.07) is 13.2. The van der Waals surface area contributed by atoms with Crippen molar-refractivity contribution in [3.63, 3.8) is 0 Å². The quantitative estimate of drug-likeness (QED) is 0.708. The van der Waals surface area contributed by atoms with Gasteiger partial charge in [-0.25, -0.2) is 5.43 Å². The average molecular weight is 417 g/mol. The van der Waals surface area contributed by atoms with Crippen LogP contribution in [0, 0.1) is 0 Å². The van der Waals surface area contributed by atoms with E-state index in [0.29, 0.717) is 29.3 Å². The summed E-state index contributed by atoms with van der Waals surface area (Å²) in [5.41, 5.74) is 6.35. The fourth-order valence-electron chi connectivity index (χ4n) is 3.16. The van der Waals surface area contributed by atoms with Crippen LogP contribution in [-0.2, 0) is 22.4 Å². The summed E-state index contributed by atoms with van der Waals surface area (Å²) in [6.45, 7) is 0. The van der Waals surface area contributed by atoms with Crippen molar-refractivity contribution < 1.29 is 9.59 Å². The highest BCUT2D eigenvalue weighted by Crippen LogP contribution is 2.22. The van der Waals surface area contributed by atoms with Crippen LogP contribution >= 0.6 is 23.2 Å². The van der Waals surface area contributed by atoms with Gasteiger partial charge in [0.2, 0.25) is 5.91 Å². The Balaban J connectivity index is 1.56. The molecule has 6 heteroatoms. The third kappa shape index (κ3) is 5.91. The Hall–Kier alpha value is -2.17. The Morgan fingerprint density at radius 2 is 1.79 bits per heavy atom. The number of amides is 1. The molecule has 0 aliphatic carbocycles. The monoisotopic (exact) mass is 416 g/mol. The van der Waals surface area contributed by atoms with Crippen LogP contribution in [0.5, 0.6) is 0 Å². The van der Waals surface area contributed by atoms with Crippen LogP contribution < -0.4 is 5.43 Å². The van der Waals surface area contributed by atoms with Crippen LogP contribution in [0.3, 0.4) is 0 Å². The van der Waals surface area contributed by atoms with Gasteiger partial charge in [-0.1, -0.05) is 47.5 Å². The molecule has 0 radical (unpaired) electrons. The highest BCUT2D eigenvalue weighted by Gasteiger charge is 2.11. The zero-order chi connectivity index (χ0) is 19.9. The number of hydrogen-bond donors (Lipinski definition) is 1. The number of nitrogens with zero attached hydrogens (tertiary/aromatic N) is 1. The lowest BCUT2D eigenvalue weighted by atomic mass is 9.99. The minimum Gasteiger partial charge on any atom is -0.299 e. The summed E-state index contributed by atoms with van der Waals surface area (Å²) in [6.07, 6.45) is 4.60. The first-order valence-electron chi connectivity index (χ1n) is 9.41. The molecule has 1 aliphatic rings.